The van der Waals surface area contributed by atoms with Crippen molar-refractivity contribution in [2.45, 2.75) is 64.6 Å². The highest BCUT2D eigenvalue weighted by Crippen LogP contribution is 2.56. The first kappa shape index (κ1) is 22.3. The Bertz CT molecular complexity index is 1040. The lowest BCUT2D eigenvalue weighted by Crippen LogP contribution is -2.39. The van der Waals surface area contributed by atoms with Crippen LogP contribution in [0.1, 0.15) is 63.9 Å². The molecule has 3 nitrogen and oxygen atoms in total. The van der Waals surface area contributed by atoms with Crippen LogP contribution in [0.15, 0.2) is 66.7 Å². The van der Waals surface area contributed by atoms with E-state index in [1.165, 1.54) is 43.1 Å². The van der Waals surface area contributed by atoms with Crippen molar-refractivity contribution in [2.24, 2.45) is 11.3 Å². The van der Waals surface area contributed by atoms with Crippen molar-refractivity contribution in [1.29, 1.82) is 0 Å². The molecule has 3 aromatic rings. The molecular formula is C30H36O3. The van der Waals surface area contributed by atoms with Gasteiger partial charge in [-0.2, -0.15) is 0 Å². The molecule has 2 unspecified atom stereocenters. The molecule has 0 aliphatic heterocycles. The van der Waals surface area contributed by atoms with E-state index in [0.29, 0.717) is 19.1 Å². The summed E-state index contributed by atoms with van der Waals surface area (Å²) in [4.78, 5) is 0. The van der Waals surface area contributed by atoms with Gasteiger partial charge in [-0.25, -0.2) is 0 Å². The maximum Gasteiger partial charge on any atom is 0.205 e. The van der Waals surface area contributed by atoms with Crippen LogP contribution >= 0.6 is 0 Å². The Morgan fingerprint density at radius 2 is 1.67 bits per heavy atom. The summed E-state index contributed by atoms with van der Waals surface area (Å²) < 4.78 is 19.1. The zero-order valence-corrected chi connectivity index (χ0v) is 20.0. The van der Waals surface area contributed by atoms with Gasteiger partial charge in [0, 0.05) is 10.8 Å². The highest BCUT2D eigenvalue weighted by atomic mass is 16.7. The van der Waals surface area contributed by atoms with Gasteiger partial charge in [-0.1, -0.05) is 62.4 Å². The molecule has 2 aliphatic carbocycles. The maximum absolute atomic E-state index is 6.53. The summed E-state index contributed by atoms with van der Waals surface area (Å²) in [6.07, 6.45) is 7.19. The van der Waals surface area contributed by atoms with Gasteiger partial charge in [-0.3, -0.25) is 0 Å². The third-order valence-corrected chi connectivity index (χ3v) is 7.96. The van der Waals surface area contributed by atoms with Gasteiger partial charge in [-0.05, 0) is 79.5 Å². The van der Waals surface area contributed by atoms with Gasteiger partial charge in [0.15, 0.2) is 0 Å². The molecular weight excluding hydrogens is 408 g/mol. The molecule has 2 fully saturated rings. The molecule has 0 N–H and O–H groups in total. The second-order valence-electron chi connectivity index (χ2n) is 10.0. The summed E-state index contributed by atoms with van der Waals surface area (Å²) in [7, 11) is 0. The van der Waals surface area contributed by atoms with Crippen LogP contribution in [0.2, 0.25) is 0 Å². The summed E-state index contributed by atoms with van der Waals surface area (Å²) in [5, 5.41) is 2.34. The third kappa shape index (κ3) is 4.75. The van der Waals surface area contributed by atoms with E-state index < -0.39 is 0 Å². The topological polar surface area (TPSA) is 27.7 Å². The quantitative estimate of drug-likeness (QED) is 0.236. The van der Waals surface area contributed by atoms with Crippen LogP contribution in [0.4, 0.5) is 0 Å². The van der Waals surface area contributed by atoms with Crippen molar-refractivity contribution >= 4 is 10.8 Å². The molecule has 174 valence electrons. The van der Waals surface area contributed by atoms with E-state index in [9.17, 15) is 0 Å². The number of benzene rings is 3. The molecule has 2 atom stereocenters. The Hall–Kier alpha value is -2.52. The lowest BCUT2D eigenvalue weighted by Gasteiger charge is -2.35. The number of rotatable bonds is 10. The van der Waals surface area contributed by atoms with Crippen LogP contribution in [0.5, 0.6) is 11.5 Å². The van der Waals surface area contributed by atoms with Gasteiger partial charge >= 0.3 is 0 Å². The molecule has 3 heteroatoms. The third-order valence-electron chi connectivity index (χ3n) is 7.96. The SMILES string of the molecule is CCC(C)c1ccc(OC(OCCOc2cccc3ccccc23)C23CCC(CC2)C3)cc1. The van der Waals surface area contributed by atoms with Crippen molar-refractivity contribution in [3.05, 3.63) is 72.3 Å². The fourth-order valence-corrected chi connectivity index (χ4v) is 5.77. The van der Waals surface area contributed by atoms with Crippen molar-refractivity contribution in [2.75, 3.05) is 13.2 Å². The molecule has 0 radical (unpaired) electrons. The van der Waals surface area contributed by atoms with Gasteiger partial charge in [0.2, 0.25) is 6.29 Å². The van der Waals surface area contributed by atoms with Gasteiger partial charge in [0.25, 0.3) is 0 Å². The number of hydrogen-bond donors (Lipinski definition) is 0. The van der Waals surface area contributed by atoms with Crippen LogP contribution in [0.25, 0.3) is 10.8 Å². The average molecular weight is 445 g/mol. The van der Waals surface area contributed by atoms with Crippen molar-refractivity contribution in [1.82, 2.24) is 0 Å². The molecule has 33 heavy (non-hydrogen) atoms. The Labute approximate surface area is 198 Å². The zero-order valence-electron chi connectivity index (χ0n) is 20.0. The van der Waals surface area contributed by atoms with Crippen LogP contribution in [0, 0.1) is 11.3 Å². The molecule has 2 saturated carbocycles. The second kappa shape index (κ2) is 9.77. The minimum absolute atomic E-state index is 0.152. The van der Waals surface area contributed by atoms with Gasteiger partial charge in [-0.15, -0.1) is 0 Å². The standard InChI is InChI=1S/C30H36O3/c1-3-22(2)24-11-13-26(14-12-24)33-29(30-17-15-23(21-30)16-18-30)32-20-19-31-28-10-6-8-25-7-4-5-9-27(25)28/h4-14,22-23,29H,3,15-21H2,1-2H3. The molecule has 5 rings (SSSR count). The molecule has 0 saturated heterocycles. The lowest BCUT2D eigenvalue weighted by molar-refractivity contribution is -0.159. The molecule has 0 spiro atoms. The smallest absolute Gasteiger partial charge is 0.205 e. The highest BCUT2D eigenvalue weighted by Gasteiger charge is 2.51. The summed E-state index contributed by atoms with van der Waals surface area (Å²) in [5.41, 5.74) is 1.52. The summed E-state index contributed by atoms with van der Waals surface area (Å²) in [6, 6.07) is 23.2. The Morgan fingerprint density at radius 3 is 2.39 bits per heavy atom. The van der Waals surface area contributed by atoms with Crippen LogP contribution in [0.3, 0.4) is 0 Å². The molecule has 2 bridgehead atoms. The van der Waals surface area contributed by atoms with E-state index in [1.807, 2.05) is 12.1 Å². The normalized spacial score (nSPS) is 23.5. The van der Waals surface area contributed by atoms with Crippen molar-refractivity contribution < 1.29 is 14.2 Å². The first-order chi connectivity index (χ1) is 16.2. The Kier molecular flexibility index (Phi) is 6.59. The monoisotopic (exact) mass is 444 g/mol. The first-order valence-corrected chi connectivity index (χ1v) is 12.7. The first-order valence-electron chi connectivity index (χ1n) is 12.7. The van der Waals surface area contributed by atoms with Crippen LogP contribution in [-0.4, -0.2) is 19.5 Å². The molecule has 3 aromatic carbocycles. The molecule has 0 amide bonds. The van der Waals surface area contributed by atoms with E-state index in [4.69, 9.17) is 14.2 Å². The second-order valence-corrected chi connectivity index (χ2v) is 10.0. The van der Waals surface area contributed by atoms with E-state index >= 15 is 0 Å². The molecule has 0 heterocycles. The number of fused-ring (bicyclic) bond motifs is 3. The fourth-order valence-electron chi connectivity index (χ4n) is 5.77. The number of hydrogen-bond acceptors (Lipinski definition) is 3. The van der Waals surface area contributed by atoms with Crippen molar-refractivity contribution in [3.63, 3.8) is 0 Å². The Balaban J connectivity index is 1.24. The van der Waals surface area contributed by atoms with Gasteiger partial charge in [0.05, 0.1) is 6.61 Å². The van der Waals surface area contributed by atoms with Gasteiger partial charge < -0.3 is 14.2 Å². The summed E-state index contributed by atoms with van der Waals surface area (Å²) in [6.45, 7) is 5.54. The van der Waals surface area contributed by atoms with Gasteiger partial charge in [0.1, 0.15) is 18.1 Å². The minimum atomic E-state index is -0.212. The average Bonchev–Trinajstić information content (AvgIpc) is 3.48. The number of ether oxygens (including phenoxy) is 3. The summed E-state index contributed by atoms with van der Waals surface area (Å²) in [5.74, 6) is 3.24. The maximum atomic E-state index is 6.53. The largest absolute Gasteiger partial charge is 0.491 e. The summed E-state index contributed by atoms with van der Waals surface area (Å²) >= 11 is 0. The fraction of sp³-hybridized carbons (Fsp3) is 0.467. The lowest BCUT2D eigenvalue weighted by atomic mass is 9.83. The molecule has 0 aromatic heterocycles. The predicted molar refractivity (Wildman–Crippen MR) is 134 cm³/mol. The molecule has 2 aliphatic rings. The minimum Gasteiger partial charge on any atom is -0.491 e. The zero-order chi connectivity index (χ0) is 22.7. The van der Waals surface area contributed by atoms with E-state index in [-0.39, 0.29) is 11.7 Å². The highest BCUT2D eigenvalue weighted by molar-refractivity contribution is 5.88. The van der Waals surface area contributed by atoms with Crippen molar-refractivity contribution in [3.8, 4) is 11.5 Å². The van der Waals surface area contributed by atoms with E-state index in [2.05, 4.69) is 68.4 Å². The van der Waals surface area contributed by atoms with E-state index in [0.717, 1.165) is 29.2 Å². The van der Waals surface area contributed by atoms with Crippen LogP contribution < -0.4 is 9.47 Å². The Morgan fingerprint density at radius 1 is 0.909 bits per heavy atom. The predicted octanol–water partition coefficient (Wildman–Crippen LogP) is 7.73. The van der Waals surface area contributed by atoms with E-state index in [1.54, 1.807) is 0 Å². The van der Waals surface area contributed by atoms with Crippen LogP contribution in [-0.2, 0) is 4.74 Å².